The minimum absolute atomic E-state index is 0.0772. The number of rotatable bonds is 3. The van der Waals surface area contributed by atoms with Crippen molar-refractivity contribution in [3.8, 4) is 0 Å². The van der Waals surface area contributed by atoms with Crippen LogP contribution in [0.5, 0.6) is 0 Å². The van der Waals surface area contributed by atoms with Crippen LogP contribution >= 0.6 is 15.9 Å². The van der Waals surface area contributed by atoms with Crippen molar-refractivity contribution in [3.63, 3.8) is 0 Å². The van der Waals surface area contributed by atoms with Gasteiger partial charge in [0.1, 0.15) is 0 Å². The molecule has 6 heteroatoms. The van der Waals surface area contributed by atoms with Crippen molar-refractivity contribution in [2.45, 2.75) is 33.2 Å². The van der Waals surface area contributed by atoms with E-state index in [1.807, 2.05) is 20.8 Å². The van der Waals surface area contributed by atoms with Crippen LogP contribution in [0.1, 0.15) is 37.0 Å². The molecular formula is C12H14BrN3O2. The van der Waals surface area contributed by atoms with Gasteiger partial charge in [-0.2, -0.15) is 4.98 Å². The largest absolute Gasteiger partial charge is 0.339 e. The van der Waals surface area contributed by atoms with Gasteiger partial charge in [0, 0.05) is 22.7 Å². The molecule has 0 fully saturated rings. The fraction of sp³-hybridized carbons (Fsp3) is 0.417. The fourth-order valence-electron chi connectivity index (χ4n) is 1.48. The van der Waals surface area contributed by atoms with E-state index in [1.165, 1.54) is 0 Å². The van der Waals surface area contributed by atoms with E-state index in [0.717, 1.165) is 10.0 Å². The second kappa shape index (κ2) is 5.06. The third kappa shape index (κ3) is 2.69. The minimum Gasteiger partial charge on any atom is -0.339 e. The lowest BCUT2D eigenvalue weighted by Crippen LogP contribution is -2.20. The quantitative estimate of drug-likeness (QED) is 0.873. The molecule has 0 aliphatic carbocycles. The SMILES string of the molecule is Cc1cc(=O)n(Cc2noc(C(C)C)n2)cc1Br. The maximum Gasteiger partial charge on any atom is 0.251 e. The first-order valence-corrected chi connectivity index (χ1v) is 6.45. The van der Waals surface area contributed by atoms with Crippen molar-refractivity contribution in [2.75, 3.05) is 0 Å². The van der Waals surface area contributed by atoms with Gasteiger partial charge in [0.25, 0.3) is 5.56 Å². The number of hydrogen-bond acceptors (Lipinski definition) is 4. The second-order valence-electron chi connectivity index (χ2n) is 4.47. The van der Waals surface area contributed by atoms with Crippen molar-refractivity contribution in [2.24, 2.45) is 0 Å². The molecule has 0 aliphatic rings. The van der Waals surface area contributed by atoms with Crippen LogP contribution in [0.15, 0.2) is 26.1 Å². The van der Waals surface area contributed by atoms with Crippen LogP contribution in [0.25, 0.3) is 0 Å². The Morgan fingerprint density at radius 1 is 1.50 bits per heavy atom. The van der Waals surface area contributed by atoms with Gasteiger partial charge in [-0.25, -0.2) is 0 Å². The predicted molar refractivity (Wildman–Crippen MR) is 70.6 cm³/mol. The smallest absolute Gasteiger partial charge is 0.251 e. The summed E-state index contributed by atoms with van der Waals surface area (Å²) in [5.74, 6) is 1.29. The molecular weight excluding hydrogens is 298 g/mol. The predicted octanol–water partition coefficient (Wildman–Crippen LogP) is 2.47. The van der Waals surface area contributed by atoms with Gasteiger partial charge >= 0.3 is 0 Å². The van der Waals surface area contributed by atoms with E-state index in [4.69, 9.17) is 4.52 Å². The van der Waals surface area contributed by atoms with Crippen LogP contribution in [-0.4, -0.2) is 14.7 Å². The van der Waals surface area contributed by atoms with E-state index in [2.05, 4.69) is 26.1 Å². The summed E-state index contributed by atoms with van der Waals surface area (Å²) in [7, 11) is 0. The van der Waals surface area contributed by atoms with Crippen molar-refractivity contribution < 1.29 is 4.52 Å². The lowest BCUT2D eigenvalue weighted by atomic mass is 10.2. The van der Waals surface area contributed by atoms with E-state index >= 15 is 0 Å². The Labute approximate surface area is 113 Å². The zero-order valence-corrected chi connectivity index (χ0v) is 12.1. The molecule has 0 bridgehead atoms. The van der Waals surface area contributed by atoms with Crippen LogP contribution in [-0.2, 0) is 6.54 Å². The van der Waals surface area contributed by atoms with Gasteiger partial charge in [-0.15, -0.1) is 0 Å². The zero-order chi connectivity index (χ0) is 13.3. The highest BCUT2D eigenvalue weighted by Gasteiger charge is 2.11. The average Bonchev–Trinajstić information content (AvgIpc) is 2.74. The van der Waals surface area contributed by atoms with Gasteiger partial charge in [0.2, 0.25) is 5.89 Å². The Morgan fingerprint density at radius 2 is 2.22 bits per heavy atom. The number of nitrogens with zero attached hydrogens (tertiary/aromatic N) is 3. The highest BCUT2D eigenvalue weighted by Crippen LogP contribution is 2.14. The second-order valence-corrected chi connectivity index (χ2v) is 5.33. The molecule has 2 rings (SSSR count). The van der Waals surface area contributed by atoms with Crippen molar-refractivity contribution in [1.82, 2.24) is 14.7 Å². The van der Waals surface area contributed by atoms with Crippen LogP contribution in [0, 0.1) is 6.92 Å². The molecule has 0 N–H and O–H groups in total. The van der Waals surface area contributed by atoms with E-state index in [-0.39, 0.29) is 11.5 Å². The van der Waals surface area contributed by atoms with Gasteiger partial charge in [0.15, 0.2) is 5.82 Å². The van der Waals surface area contributed by atoms with Crippen LogP contribution in [0.2, 0.25) is 0 Å². The number of halogens is 1. The highest BCUT2D eigenvalue weighted by atomic mass is 79.9. The Kier molecular flexibility index (Phi) is 3.65. The third-order valence-corrected chi connectivity index (χ3v) is 3.39. The molecule has 0 aliphatic heterocycles. The molecule has 0 unspecified atom stereocenters. The first kappa shape index (κ1) is 13.0. The lowest BCUT2D eigenvalue weighted by Gasteiger charge is -2.04. The Balaban J connectivity index is 2.28. The molecule has 2 aromatic rings. The Morgan fingerprint density at radius 3 is 2.83 bits per heavy atom. The van der Waals surface area contributed by atoms with Gasteiger partial charge in [-0.05, 0) is 28.4 Å². The summed E-state index contributed by atoms with van der Waals surface area (Å²) in [6.07, 6.45) is 1.74. The first-order valence-electron chi connectivity index (χ1n) is 5.66. The molecule has 0 radical (unpaired) electrons. The van der Waals surface area contributed by atoms with Gasteiger partial charge in [-0.1, -0.05) is 19.0 Å². The van der Waals surface area contributed by atoms with Gasteiger partial charge in [-0.3, -0.25) is 4.79 Å². The van der Waals surface area contributed by atoms with E-state index in [0.29, 0.717) is 18.3 Å². The fourth-order valence-corrected chi connectivity index (χ4v) is 1.84. The van der Waals surface area contributed by atoms with Gasteiger partial charge in [0.05, 0.1) is 6.54 Å². The summed E-state index contributed by atoms with van der Waals surface area (Å²) in [6, 6.07) is 1.58. The molecule has 96 valence electrons. The standard InChI is InChI=1S/C12H14BrN3O2/c1-7(2)12-14-10(15-18-12)6-16-5-9(13)8(3)4-11(16)17/h4-5,7H,6H2,1-3H3. The molecule has 0 aromatic carbocycles. The summed E-state index contributed by atoms with van der Waals surface area (Å²) in [5.41, 5.74) is 0.832. The molecule has 0 amide bonds. The maximum absolute atomic E-state index is 11.8. The Hall–Kier alpha value is -1.43. The van der Waals surface area contributed by atoms with E-state index in [9.17, 15) is 4.79 Å². The van der Waals surface area contributed by atoms with Gasteiger partial charge < -0.3 is 9.09 Å². The van der Waals surface area contributed by atoms with Crippen molar-refractivity contribution in [3.05, 3.63) is 44.4 Å². The molecule has 18 heavy (non-hydrogen) atoms. The average molecular weight is 312 g/mol. The summed E-state index contributed by atoms with van der Waals surface area (Å²) < 4.78 is 7.54. The number of aromatic nitrogens is 3. The van der Waals surface area contributed by atoms with Crippen molar-refractivity contribution in [1.29, 1.82) is 0 Å². The molecule has 2 heterocycles. The minimum atomic E-state index is -0.0772. The number of pyridine rings is 1. The monoisotopic (exact) mass is 311 g/mol. The number of aryl methyl sites for hydroxylation is 1. The topological polar surface area (TPSA) is 60.9 Å². The van der Waals surface area contributed by atoms with Crippen LogP contribution in [0.4, 0.5) is 0 Å². The van der Waals surface area contributed by atoms with Crippen LogP contribution in [0.3, 0.4) is 0 Å². The molecule has 0 spiro atoms. The van der Waals surface area contributed by atoms with E-state index in [1.54, 1.807) is 16.8 Å². The van der Waals surface area contributed by atoms with Crippen LogP contribution < -0.4 is 5.56 Å². The molecule has 5 nitrogen and oxygen atoms in total. The third-order valence-electron chi connectivity index (χ3n) is 2.56. The maximum atomic E-state index is 11.8. The Bertz CT molecular complexity index is 616. The summed E-state index contributed by atoms with van der Waals surface area (Å²) >= 11 is 3.40. The molecule has 0 atom stereocenters. The molecule has 0 saturated heterocycles. The normalized spacial score (nSPS) is 11.2. The summed E-state index contributed by atoms with van der Waals surface area (Å²) in [4.78, 5) is 16.0. The summed E-state index contributed by atoms with van der Waals surface area (Å²) in [5, 5.41) is 3.86. The number of hydrogen-bond donors (Lipinski definition) is 0. The highest BCUT2D eigenvalue weighted by molar-refractivity contribution is 9.10. The lowest BCUT2D eigenvalue weighted by molar-refractivity contribution is 0.359. The zero-order valence-electron chi connectivity index (χ0n) is 10.5. The summed E-state index contributed by atoms with van der Waals surface area (Å²) in [6.45, 7) is 6.15. The molecule has 0 saturated carbocycles. The van der Waals surface area contributed by atoms with Crippen molar-refractivity contribution >= 4 is 15.9 Å². The van der Waals surface area contributed by atoms with E-state index < -0.39 is 0 Å². The first-order chi connectivity index (χ1) is 8.47. The molecule has 2 aromatic heterocycles.